The van der Waals surface area contributed by atoms with Gasteiger partial charge in [-0.2, -0.15) is 0 Å². The van der Waals surface area contributed by atoms with Crippen LogP contribution in [0.4, 0.5) is 0 Å². The van der Waals surface area contributed by atoms with Gasteiger partial charge in [-0.3, -0.25) is 19.5 Å². The zero-order valence-corrected chi connectivity index (χ0v) is 16.0. The van der Waals surface area contributed by atoms with E-state index in [4.69, 9.17) is 9.26 Å². The van der Waals surface area contributed by atoms with Crippen molar-refractivity contribution >= 4 is 11.8 Å². The molecule has 0 saturated carbocycles. The van der Waals surface area contributed by atoms with Crippen molar-refractivity contribution < 1.29 is 18.8 Å². The number of hydrogen-bond acceptors (Lipinski definition) is 7. The minimum absolute atomic E-state index is 0.0333. The van der Waals surface area contributed by atoms with Crippen molar-refractivity contribution in [3.05, 3.63) is 36.4 Å². The van der Waals surface area contributed by atoms with Crippen LogP contribution < -0.4 is 5.32 Å². The number of hydrogen-bond donors (Lipinski definition) is 1. The van der Waals surface area contributed by atoms with Crippen molar-refractivity contribution in [2.45, 2.75) is 6.54 Å². The molecule has 5 heterocycles. The van der Waals surface area contributed by atoms with E-state index in [1.807, 2.05) is 18.2 Å². The lowest BCUT2D eigenvalue weighted by molar-refractivity contribution is -0.147. The molecule has 0 unspecified atom stereocenters. The first-order valence-corrected chi connectivity index (χ1v) is 9.86. The molecule has 0 bridgehead atoms. The molecule has 9 nitrogen and oxygen atoms in total. The van der Waals surface area contributed by atoms with E-state index in [9.17, 15) is 9.59 Å². The molecule has 0 aromatic carbocycles. The number of fused-ring (bicyclic) bond motifs is 1. The zero-order valence-electron chi connectivity index (χ0n) is 16.0. The summed E-state index contributed by atoms with van der Waals surface area (Å²) < 4.78 is 11.2. The molecule has 2 atom stereocenters. The Labute approximate surface area is 168 Å². The fraction of sp³-hybridized carbons (Fsp3) is 0.500. The number of amides is 2. The number of likely N-dealkylation sites (tertiary alicyclic amines) is 1. The van der Waals surface area contributed by atoms with E-state index in [-0.39, 0.29) is 24.3 Å². The quantitative estimate of drug-likeness (QED) is 0.783. The van der Waals surface area contributed by atoms with Gasteiger partial charge in [-0.1, -0.05) is 5.16 Å². The van der Waals surface area contributed by atoms with E-state index in [0.29, 0.717) is 39.4 Å². The summed E-state index contributed by atoms with van der Waals surface area (Å²) >= 11 is 0. The third-order valence-electron chi connectivity index (χ3n) is 6.09. The van der Waals surface area contributed by atoms with Gasteiger partial charge < -0.3 is 19.5 Å². The molecule has 0 radical (unpaired) electrons. The highest BCUT2D eigenvalue weighted by Crippen LogP contribution is 2.43. The maximum atomic E-state index is 13.3. The number of pyridine rings is 1. The Kier molecular flexibility index (Phi) is 4.56. The minimum Gasteiger partial charge on any atom is -0.380 e. The van der Waals surface area contributed by atoms with Crippen molar-refractivity contribution in [1.82, 2.24) is 25.3 Å². The summed E-state index contributed by atoms with van der Waals surface area (Å²) in [4.78, 5) is 33.1. The van der Waals surface area contributed by atoms with E-state index < -0.39 is 5.41 Å². The van der Waals surface area contributed by atoms with Crippen LogP contribution in [0.2, 0.25) is 0 Å². The fourth-order valence-electron chi connectivity index (χ4n) is 4.65. The van der Waals surface area contributed by atoms with Gasteiger partial charge in [-0.05, 0) is 12.1 Å². The molecule has 2 aromatic heterocycles. The first-order chi connectivity index (χ1) is 14.1. The smallest absolute Gasteiger partial charge is 0.239 e. The average Bonchev–Trinajstić information content (AvgIpc) is 3.43. The van der Waals surface area contributed by atoms with Crippen LogP contribution in [0.3, 0.4) is 0 Å². The van der Waals surface area contributed by atoms with Gasteiger partial charge in [0, 0.05) is 56.1 Å². The van der Waals surface area contributed by atoms with Crippen molar-refractivity contribution in [3.63, 3.8) is 0 Å². The van der Waals surface area contributed by atoms with Crippen LogP contribution >= 0.6 is 0 Å². The average molecular weight is 397 g/mol. The fourth-order valence-corrected chi connectivity index (χ4v) is 4.65. The predicted octanol–water partition coefficient (Wildman–Crippen LogP) is 0.143. The lowest BCUT2D eigenvalue weighted by Gasteiger charge is -2.35. The van der Waals surface area contributed by atoms with Gasteiger partial charge in [0.1, 0.15) is 5.69 Å². The molecule has 2 aromatic rings. The summed E-state index contributed by atoms with van der Waals surface area (Å²) in [6, 6.07) is 5.72. The Morgan fingerprint density at radius 1 is 1.41 bits per heavy atom. The van der Waals surface area contributed by atoms with E-state index in [0.717, 1.165) is 23.6 Å². The third-order valence-corrected chi connectivity index (χ3v) is 6.09. The number of nitrogens with one attached hydrogen (secondary N) is 1. The minimum atomic E-state index is -0.580. The van der Waals surface area contributed by atoms with Crippen molar-refractivity contribution in [3.8, 4) is 11.3 Å². The van der Waals surface area contributed by atoms with Gasteiger partial charge >= 0.3 is 0 Å². The van der Waals surface area contributed by atoms with E-state index >= 15 is 0 Å². The van der Waals surface area contributed by atoms with Crippen LogP contribution in [0.25, 0.3) is 11.3 Å². The van der Waals surface area contributed by atoms with Gasteiger partial charge in [0.15, 0.2) is 5.76 Å². The second kappa shape index (κ2) is 7.23. The molecule has 29 heavy (non-hydrogen) atoms. The second-order valence-corrected chi connectivity index (χ2v) is 8.03. The SMILES string of the molecule is O=C1CN(C(=O)[C@@]23COC[C@@H]2CN(Cc2cc(-c4cccnc4)no2)C3)CCN1. The number of nitrogens with zero attached hydrogens (tertiary/aromatic N) is 4. The molecular weight excluding hydrogens is 374 g/mol. The van der Waals surface area contributed by atoms with Gasteiger partial charge in [-0.25, -0.2) is 0 Å². The van der Waals surface area contributed by atoms with E-state index in [1.165, 1.54) is 0 Å². The molecule has 9 heteroatoms. The summed E-state index contributed by atoms with van der Waals surface area (Å²) in [6.07, 6.45) is 3.47. The Hall–Kier alpha value is -2.78. The maximum Gasteiger partial charge on any atom is 0.239 e. The summed E-state index contributed by atoms with van der Waals surface area (Å²) in [7, 11) is 0. The van der Waals surface area contributed by atoms with Gasteiger partial charge in [0.2, 0.25) is 11.8 Å². The van der Waals surface area contributed by atoms with Gasteiger partial charge in [0.05, 0.1) is 31.7 Å². The molecule has 1 N–H and O–H groups in total. The van der Waals surface area contributed by atoms with E-state index in [2.05, 4.69) is 20.4 Å². The number of piperazine rings is 1. The number of carbonyl (C=O) groups excluding carboxylic acids is 2. The van der Waals surface area contributed by atoms with Crippen LogP contribution in [-0.2, 0) is 20.9 Å². The molecule has 2 amide bonds. The number of rotatable bonds is 4. The summed E-state index contributed by atoms with van der Waals surface area (Å²) in [5.41, 5.74) is 1.08. The van der Waals surface area contributed by atoms with Crippen molar-refractivity contribution in [2.24, 2.45) is 11.3 Å². The van der Waals surface area contributed by atoms with Crippen LogP contribution in [0, 0.1) is 11.3 Å². The summed E-state index contributed by atoms with van der Waals surface area (Å²) in [6.45, 7) is 4.10. The highest BCUT2D eigenvalue weighted by molar-refractivity contribution is 5.90. The first kappa shape index (κ1) is 18.3. The third kappa shape index (κ3) is 3.30. The Bertz CT molecular complexity index is 917. The maximum absolute atomic E-state index is 13.3. The molecule has 0 aliphatic carbocycles. The summed E-state index contributed by atoms with van der Waals surface area (Å²) in [5, 5.41) is 6.92. The van der Waals surface area contributed by atoms with Gasteiger partial charge in [0.25, 0.3) is 0 Å². The molecule has 152 valence electrons. The molecule has 3 fully saturated rings. The van der Waals surface area contributed by atoms with Gasteiger partial charge in [-0.15, -0.1) is 0 Å². The van der Waals surface area contributed by atoms with Crippen LogP contribution in [0.15, 0.2) is 35.1 Å². The highest BCUT2D eigenvalue weighted by Gasteiger charge is 2.57. The Balaban J connectivity index is 1.30. The van der Waals surface area contributed by atoms with Crippen molar-refractivity contribution in [1.29, 1.82) is 0 Å². The van der Waals surface area contributed by atoms with Crippen LogP contribution in [0.1, 0.15) is 5.76 Å². The highest BCUT2D eigenvalue weighted by atomic mass is 16.5. The Morgan fingerprint density at radius 3 is 3.17 bits per heavy atom. The number of ether oxygens (including phenoxy) is 1. The number of carbonyl (C=O) groups is 2. The molecular formula is C20H23N5O4. The molecule has 5 rings (SSSR count). The molecule has 3 aliphatic rings. The van der Waals surface area contributed by atoms with E-state index in [1.54, 1.807) is 17.3 Å². The second-order valence-electron chi connectivity index (χ2n) is 8.03. The normalized spacial score (nSPS) is 27.1. The monoisotopic (exact) mass is 397 g/mol. The lowest BCUT2D eigenvalue weighted by Crippen LogP contribution is -2.56. The topological polar surface area (TPSA) is 101 Å². The molecule has 3 aliphatic heterocycles. The standard InChI is InChI=1S/C20H23N5O4/c26-18-10-25(5-4-22-18)19(27)20-12-24(8-15(20)11-28-13-20)9-16-6-17(23-29-16)14-2-1-3-21-7-14/h1-3,6-7,15H,4-5,8-13H2,(H,22,26)/t15-,20-/m0/s1. The largest absolute Gasteiger partial charge is 0.380 e. The summed E-state index contributed by atoms with van der Waals surface area (Å²) in [5.74, 6) is 0.812. The van der Waals surface area contributed by atoms with Crippen LogP contribution in [0.5, 0.6) is 0 Å². The zero-order chi connectivity index (χ0) is 19.8. The number of aromatic nitrogens is 2. The Morgan fingerprint density at radius 2 is 2.34 bits per heavy atom. The lowest BCUT2D eigenvalue weighted by atomic mass is 9.79. The molecule has 0 spiro atoms. The van der Waals surface area contributed by atoms with Crippen molar-refractivity contribution in [2.75, 3.05) is 45.9 Å². The first-order valence-electron chi connectivity index (χ1n) is 9.86. The van der Waals surface area contributed by atoms with Crippen LogP contribution in [-0.4, -0.2) is 77.7 Å². The predicted molar refractivity (Wildman–Crippen MR) is 101 cm³/mol. The molecule has 3 saturated heterocycles.